The number of pyridine rings is 1. The monoisotopic (exact) mass is 283 g/mol. The maximum atomic E-state index is 9.88. The van der Waals surface area contributed by atoms with E-state index in [2.05, 4.69) is 52.5 Å². The SMILES string of the molecule is CC[C@@H](O)CN1CNc2ncc(-c3cccc(C)c3)cc21. The van der Waals surface area contributed by atoms with E-state index in [0.29, 0.717) is 13.2 Å². The molecule has 0 amide bonds. The molecule has 0 saturated carbocycles. The fourth-order valence-corrected chi connectivity index (χ4v) is 2.61. The number of nitrogens with one attached hydrogen (secondary N) is 1. The third-order valence-electron chi connectivity index (χ3n) is 3.90. The van der Waals surface area contributed by atoms with Crippen LogP contribution in [0.1, 0.15) is 18.9 Å². The van der Waals surface area contributed by atoms with Gasteiger partial charge in [0, 0.05) is 18.3 Å². The zero-order valence-electron chi connectivity index (χ0n) is 12.5. The van der Waals surface area contributed by atoms with Gasteiger partial charge in [0.15, 0.2) is 5.82 Å². The Morgan fingerprint density at radius 2 is 2.19 bits per heavy atom. The second-order valence-electron chi connectivity index (χ2n) is 5.58. The highest BCUT2D eigenvalue weighted by Gasteiger charge is 2.22. The Morgan fingerprint density at radius 3 is 2.95 bits per heavy atom. The van der Waals surface area contributed by atoms with E-state index in [-0.39, 0.29) is 6.10 Å². The van der Waals surface area contributed by atoms with Gasteiger partial charge in [-0.2, -0.15) is 0 Å². The summed E-state index contributed by atoms with van der Waals surface area (Å²) in [5.41, 5.74) is 4.59. The lowest BCUT2D eigenvalue weighted by Gasteiger charge is -2.21. The third-order valence-corrected chi connectivity index (χ3v) is 3.90. The van der Waals surface area contributed by atoms with E-state index in [0.717, 1.165) is 23.5 Å². The molecule has 1 atom stereocenters. The van der Waals surface area contributed by atoms with Gasteiger partial charge in [0.1, 0.15) is 0 Å². The summed E-state index contributed by atoms with van der Waals surface area (Å²) in [6.45, 7) is 5.43. The Morgan fingerprint density at radius 1 is 1.33 bits per heavy atom. The molecule has 1 aliphatic rings. The first-order chi connectivity index (χ1) is 10.2. The van der Waals surface area contributed by atoms with Crippen LogP contribution in [0.4, 0.5) is 11.5 Å². The fourth-order valence-electron chi connectivity index (χ4n) is 2.61. The molecule has 4 heteroatoms. The summed E-state index contributed by atoms with van der Waals surface area (Å²) in [5, 5.41) is 13.2. The Hall–Kier alpha value is -2.07. The van der Waals surface area contributed by atoms with Crippen molar-refractivity contribution in [3.8, 4) is 11.1 Å². The van der Waals surface area contributed by atoms with Crippen molar-refractivity contribution in [1.29, 1.82) is 0 Å². The summed E-state index contributed by atoms with van der Waals surface area (Å²) in [6, 6.07) is 10.6. The third kappa shape index (κ3) is 2.85. The lowest BCUT2D eigenvalue weighted by atomic mass is 10.0. The van der Waals surface area contributed by atoms with Crippen molar-refractivity contribution in [2.45, 2.75) is 26.4 Å². The van der Waals surface area contributed by atoms with Crippen LogP contribution in [-0.4, -0.2) is 29.4 Å². The van der Waals surface area contributed by atoms with Gasteiger partial charge in [-0.1, -0.05) is 36.8 Å². The summed E-state index contributed by atoms with van der Waals surface area (Å²) >= 11 is 0. The normalized spacial score (nSPS) is 14.7. The van der Waals surface area contributed by atoms with Crippen LogP contribution < -0.4 is 10.2 Å². The van der Waals surface area contributed by atoms with Crippen LogP contribution in [0.3, 0.4) is 0 Å². The maximum Gasteiger partial charge on any atom is 0.151 e. The number of anilines is 2. The minimum absolute atomic E-state index is 0.305. The zero-order valence-corrected chi connectivity index (χ0v) is 12.5. The largest absolute Gasteiger partial charge is 0.391 e. The maximum absolute atomic E-state index is 9.88. The molecule has 2 aromatic rings. The molecule has 110 valence electrons. The van der Waals surface area contributed by atoms with E-state index in [1.807, 2.05) is 13.1 Å². The molecular formula is C17H21N3O. The minimum atomic E-state index is -0.305. The van der Waals surface area contributed by atoms with Gasteiger partial charge in [0.05, 0.1) is 18.5 Å². The predicted octanol–water partition coefficient (Wildman–Crippen LogP) is 3.02. The van der Waals surface area contributed by atoms with E-state index in [4.69, 9.17) is 0 Å². The quantitative estimate of drug-likeness (QED) is 0.905. The van der Waals surface area contributed by atoms with E-state index in [9.17, 15) is 5.11 Å². The van der Waals surface area contributed by atoms with Gasteiger partial charge < -0.3 is 15.3 Å². The lowest BCUT2D eigenvalue weighted by molar-refractivity contribution is 0.176. The van der Waals surface area contributed by atoms with Gasteiger partial charge in [0.25, 0.3) is 0 Å². The molecule has 0 bridgehead atoms. The van der Waals surface area contributed by atoms with Crippen LogP contribution in [-0.2, 0) is 0 Å². The van der Waals surface area contributed by atoms with E-state index in [1.165, 1.54) is 11.1 Å². The molecule has 0 unspecified atom stereocenters. The van der Waals surface area contributed by atoms with Crippen molar-refractivity contribution >= 4 is 11.5 Å². The van der Waals surface area contributed by atoms with Crippen LogP contribution in [0.15, 0.2) is 36.5 Å². The van der Waals surface area contributed by atoms with Gasteiger partial charge >= 0.3 is 0 Å². The van der Waals surface area contributed by atoms with Gasteiger partial charge in [-0.05, 0) is 25.0 Å². The second kappa shape index (κ2) is 5.74. The molecule has 1 aliphatic heterocycles. The Balaban J connectivity index is 1.92. The average molecular weight is 283 g/mol. The summed E-state index contributed by atoms with van der Waals surface area (Å²) in [6.07, 6.45) is 2.36. The molecule has 0 fully saturated rings. The number of hydrogen-bond acceptors (Lipinski definition) is 4. The molecular weight excluding hydrogens is 262 g/mol. The Bertz CT molecular complexity index is 642. The van der Waals surface area contributed by atoms with Crippen LogP contribution >= 0.6 is 0 Å². The molecule has 4 nitrogen and oxygen atoms in total. The first kappa shape index (κ1) is 13.9. The molecule has 0 radical (unpaired) electrons. The number of fused-ring (bicyclic) bond motifs is 1. The number of β-amino-alcohol motifs (C(OH)–C–C–N with tert-alkyl or cyclic N) is 1. The van der Waals surface area contributed by atoms with Crippen molar-refractivity contribution in [3.05, 3.63) is 42.1 Å². The van der Waals surface area contributed by atoms with Gasteiger partial charge in [-0.3, -0.25) is 0 Å². The number of nitrogens with zero attached hydrogens (tertiary/aromatic N) is 2. The standard InChI is InChI=1S/C17H21N3O/c1-3-15(21)10-20-11-19-17-16(20)8-14(9-18-17)13-6-4-5-12(2)7-13/h4-9,15,21H,3,10-11H2,1-2H3,(H,18,19)/t15-/m1/s1. The van der Waals surface area contributed by atoms with E-state index in [1.54, 1.807) is 0 Å². The molecule has 2 N–H and O–H groups in total. The van der Waals surface area contributed by atoms with Crippen LogP contribution in [0, 0.1) is 6.92 Å². The number of aryl methyl sites for hydroxylation is 1. The van der Waals surface area contributed by atoms with Crippen molar-refractivity contribution < 1.29 is 5.11 Å². The fraction of sp³-hybridized carbons (Fsp3) is 0.353. The highest BCUT2D eigenvalue weighted by molar-refractivity contribution is 5.77. The molecule has 0 spiro atoms. The van der Waals surface area contributed by atoms with Gasteiger partial charge in [-0.15, -0.1) is 0 Å². The number of hydrogen-bond donors (Lipinski definition) is 2. The number of rotatable bonds is 4. The summed E-state index contributed by atoms with van der Waals surface area (Å²) in [7, 11) is 0. The van der Waals surface area contributed by atoms with Gasteiger partial charge in [-0.25, -0.2) is 4.98 Å². The molecule has 0 aliphatic carbocycles. The second-order valence-corrected chi connectivity index (χ2v) is 5.58. The molecule has 21 heavy (non-hydrogen) atoms. The number of benzene rings is 1. The predicted molar refractivity (Wildman–Crippen MR) is 86.5 cm³/mol. The Kier molecular flexibility index (Phi) is 3.80. The van der Waals surface area contributed by atoms with Gasteiger partial charge in [0.2, 0.25) is 0 Å². The number of aromatic nitrogens is 1. The topological polar surface area (TPSA) is 48.4 Å². The van der Waals surface area contributed by atoms with Crippen LogP contribution in [0.25, 0.3) is 11.1 Å². The first-order valence-corrected chi connectivity index (χ1v) is 7.41. The number of aliphatic hydroxyl groups is 1. The summed E-state index contributed by atoms with van der Waals surface area (Å²) in [4.78, 5) is 6.66. The first-order valence-electron chi connectivity index (χ1n) is 7.41. The van der Waals surface area contributed by atoms with E-state index >= 15 is 0 Å². The Labute approximate surface area is 125 Å². The minimum Gasteiger partial charge on any atom is -0.391 e. The van der Waals surface area contributed by atoms with Crippen molar-refractivity contribution in [2.24, 2.45) is 0 Å². The number of aliphatic hydroxyl groups excluding tert-OH is 1. The van der Waals surface area contributed by atoms with Crippen LogP contribution in [0.5, 0.6) is 0 Å². The molecule has 1 aromatic carbocycles. The van der Waals surface area contributed by atoms with Crippen molar-refractivity contribution in [1.82, 2.24) is 4.98 Å². The van der Waals surface area contributed by atoms with E-state index < -0.39 is 0 Å². The molecule has 2 heterocycles. The van der Waals surface area contributed by atoms with Crippen molar-refractivity contribution in [3.63, 3.8) is 0 Å². The average Bonchev–Trinajstić information content (AvgIpc) is 2.89. The molecule has 3 rings (SSSR count). The summed E-state index contributed by atoms with van der Waals surface area (Å²) < 4.78 is 0. The molecule has 0 saturated heterocycles. The molecule has 1 aromatic heterocycles. The van der Waals surface area contributed by atoms with Crippen LogP contribution in [0.2, 0.25) is 0 Å². The summed E-state index contributed by atoms with van der Waals surface area (Å²) in [5.74, 6) is 0.898. The lowest BCUT2D eigenvalue weighted by Crippen LogP contribution is -2.31. The highest BCUT2D eigenvalue weighted by atomic mass is 16.3. The zero-order chi connectivity index (χ0) is 14.8. The smallest absolute Gasteiger partial charge is 0.151 e. The van der Waals surface area contributed by atoms with Crippen molar-refractivity contribution in [2.75, 3.05) is 23.4 Å². The highest BCUT2D eigenvalue weighted by Crippen LogP contribution is 2.33.